The Balaban J connectivity index is 1.45. The molecule has 29 heavy (non-hydrogen) atoms. The normalized spacial score (nSPS) is 23.6. The summed E-state index contributed by atoms with van der Waals surface area (Å²) >= 11 is 0. The topological polar surface area (TPSA) is 104 Å². The molecule has 2 saturated heterocycles. The highest BCUT2D eigenvalue weighted by molar-refractivity contribution is 5.93. The number of hydrogen-bond acceptors (Lipinski definition) is 5. The highest BCUT2D eigenvalue weighted by Gasteiger charge is 2.54. The largest absolute Gasteiger partial charge is 0.396 e. The van der Waals surface area contributed by atoms with Crippen molar-refractivity contribution in [3.8, 4) is 11.4 Å². The summed E-state index contributed by atoms with van der Waals surface area (Å²) in [6.45, 7) is 4.26. The van der Waals surface area contributed by atoms with Crippen molar-refractivity contribution in [2.75, 3.05) is 46.0 Å². The van der Waals surface area contributed by atoms with Crippen molar-refractivity contribution in [3.63, 3.8) is 0 Å². The van der Waals surface area contributed by atoms with Crippen LogP contribution in [0.5, 0.6) is 0 Å². The molecular formula is C20H27N5O4. The number of rotatable bonds is 6. The molecule has 4 heterocycles. The van der Waals surface area contributed by atoms with Crippen LogP contribution in [-0.4, -0.2) is 87.5 Å². The van der Waals surface area contributed by atoms with Gasteiger partial charge in [0.05, 0.1) is 12.3 Å². The molecule has 2 aromatic rings. The molecular weight excluding hydrogens is 374 g/mol. The summed E-state index contributed by atoms with van der Waals surface area (Å²) in [6.07, 6.45) is 1.93. The number of likely N-dealkylation sites (tertiary alicyclic amines) is 2. The molecule has 2 unspecified atom stereocenters. The van der Waals surface area contributed by atoms with E-state index in [1.54, 1.807) is 15.9 Å². The molecule has 2 N–H and O–H groups in total. The van der Waals surface area contributed by atoms with Crippen molar-refractivity contribution in [1.29, 1.82) is 0 Å². The zero-order valence-electron chi connectivity index (χ0n) is 16.8. The number of aryl methyl sites for hydroxylation is 1. The first-order valence-corrected chi connectivity index (χ1v) is 9.90. The lowest BCUT2D eigenvalue weighted by molar-refractivity contribution is -0.135. The molecule has 156 valence electrons. The van der Waals surface area contributed by atoms with E-state index in [1.807, 2.05) is 36.9 Å². The Kier molecular flexibility index (Phi) is 5.18. The van der Waals surface area contributed by atoms with Gasteiger partial charge in [0.15, 0.2) is 0 Å². The number of aliphatic hydroxyl groups is 1. The first-order chi connectivity index (χ1) is 14.0. The third-order valence-electron chi connectivity index (χ3n) is 6.16. The molecule has 0 aliphatic carbocycles. The van der Waals surface area contributed by atoms with Gasteiger partial charge in [0.25, 0.3) is 5.91 Å². The maximum absolute atomic E-state index is 13.0. The maximum atomic E-state index is 13.0. The van der Waals surface area contributed by atoms with Crippen LogP contribution in [0.4, 0.5) is 0 Å². The van der Waals surface area contributed by atoms with Crippen LogP contribution in [0.2, 0.25) is 0 Å². The molecule has 2 aliphatic rings. The van der Waals surface area contributed by atoms with Gasteiger partial charge in [0, 0.05) is 57.4 Å². The van der Waals surface area contributed by atoms with Gasteiger partial charge >= 0.3 is 0 Å². The van der Waals surface area contributed by atoms with E-state index in [9.17, 15) is 14.7 Å². The van der Waals surface area contributed by atoms with E-state index >= 15 is 0 Å². The van der Waals surface area contributed by atoms with Gasteiger partial charge in [0.2, 0.25) is 5.91 Å². The molecule has 0 spiro atoms. The molecule has 2 atom stereocenters. The molecule has 0 bridgehead atoms. The molecule has 2 fully saturated rings. The number of aliphatic hydroxyl groups excluding tert-OH is 1. The Hall–Kier alpha value is -2.65. The highest BCUT2D eigenvalue weighted by Crippen LogP contribution is 2.42. The summed E-state index contributed by atoms with van der Waals surface area (Å²) in [7, 11) is 1.93. The van der Waals surface area contributed by atoms with Crippen LogP contribution < -0.4 is 0 Å². The average molecular weight is 401 g/mol. The minimum atomic E-state index is -0.474. The molecule has 9 heteroatoms. The van der Waals surface area contributed by atoms with E-state index in [2.05, 4.69) is 10.2 Å². The lowest BCUT2D eigenvalue weighted by Gasteiger charge is -2.27. The van der Waals surface area contributed by atoms with Gasteiger partial charge in [-0.05, 0) is 25.1 Å². The van der Waals surface area contributed by atoms with Crippen LogP contribution in [0.1, 0.15) is 17.4 Å². The minimum absolute atomic E-state index is 0.0530. The van der Waals surface area contributed by atoms with E-state index in [4.69, 9.17) is 4.74 Å². The predicted octanol–water partition coefficient (Wildman–Crippen LogP) is 0.345. The smallest absolute Gasteiger partial charge is 0.271 e. The Morgan fingerprint density at radius 1 is 1.34 bits per heavy atom. The summed E-state index contributed by atoms with van der Waals surface area (Å²) in [6, 6.07) is 5.63. The van der Waals surface area contributed by atoms with Gasteiger partial charge < -0.3 is 24.2 Å². The molecule has 0 radical (unpaired) electrons. The molecule has 9 nitrogen and oxygen atoms in total. The van der Waals surface area contributed by atoms with Gasteiger partial charge in [-0.2, -0.15) is 5.10 Å². The first kappa shape index (κ1) is 19.7. The quantitative estimate of drug-likeness (QED) is 0.727. The Labute approximate surface area is 169 Å². The third-order valence-corrected chi connectivity index (χ3v) is 6.16. The van der Waals surface area contributed by atoms with Crippen molar-refractivity contribution in [2.24, 2.45) is 18.4 Å². The zero-order valence-corrected chi connectivity index (χ0v) is 16.8. The van der Waals surface area contributed by atoms with Crippen LogP contribution in [0.25, 0.3) is 11.4 Å². The summed E-state index contributed by atoms with van der Waals surface area (Å²) < 4.78 is 7.17. The van der Waals surface area contributed by atoms with Gasteiger partial charge in [-0.15, -0.1) is 0 Å². The fourth-order valence-electron chi connectivity index (χ4n) is 4.49. The van der Waals surface area contributed by atoms with Crippen molar-refractivity contribution in [3.05, 3.63) is 30.1 Å². The lowest BCUT2D eigenvalue weighted by Crippen LogP contribution is -2.41. The number of aromatic amines is 1. The SMILES string of the molecule is CCOCC(=O)N1CC2CN(C(=O)c3cc(-c4cccn4C)n[nH]3)CC2(CO)C1. The van der Waals surface area contributed by atoms with Crippen molar-refractivity contribution in [2.45, 2.75) is 6.92 Å². The summed E-state index contributed by atoms with van der Waals surface area (Å²) in [5.41, 5.74) is 1.59. The number of nitrogens with one attached hydrogen (secondary N) is 1. The second kappa shape index (κ2) is 7.64. The zero-order chi connectivity index (χ0) is 20.6. The first-order valence-electron chi connectivity index (χ1n) is 9.90. The standard InChI is InChI=1S/C20H27N5O4/c1-3-29-10-18(27)24-8-14-9-25(12-20(14,11-24)13-26)19(28)16-7-15(21-22-16)17-5-4-6-23(17)2/h4-7,14,26H,3,8-13H2,1-2H3,(H,21,22). The van der Waals surface area contributed by atoms with Crippen LogP contribution in [-0.2, 0) is 16.6 Å². The number of carbonyl (C=O) groups is 2. The molecule has 2 aromatic heterocycles. The second-order valence-corrected chi connectivity index (χ2v) is 7.99. The fourth-order valence-corrected chi connectivity index (χ4v) is 4.49. The van der Waals surface area contributed by atoms with Gasteiger partial charge in [0.1, 0.15) is 18.0 Å². The summed E-state index contributed by atoms with van der Waals surface area (Å²) in [5, 5.41) is 17.2. The van der Waals surface area contributed by atoms with Gasteiger partial charge in [-0.25, -0.2) is 0 Å². The van der Waals surface area contributed by atoms with E-state index in [0.29, 0.717) is 44.2 Å². The number of fused-ring (bicyclic) bond motifs is 1. The average Bonchev–Trinajstić information content (AvgIpc) is 3.47. The van der Waals surface area contributed by atoms with Gasteiger partial charge in [-0.3, -0.25) is 14.7 Å². The number of amides is 2. The predicted molar refractivity (Wildman–Crippen MR) is 105 cm³/mol. The van der Waals surface area contributed by atoms with E-state index in [1.165, 1.54) is 0 Å². The molecule has 2 aliphatic heterocycles. The number of aromatic nitrogens is 3. The van der Waals surface area contributed by atoms with Crippen LogP contribution >= 0.6 is 0 Å². The van der Waals surface area contributed by atoms with Crippen molar-refractivity contribution < 1.29 is 19.4 Å². The summed E-state index contributed by atoms with van der Waals surface area (Å²) in [5.74, 6) is -0.141. The number of ether oxygens (including phenoxy) is 1. The summed E-state index contributed by atoms with van der Waals surface area (Å²) in [4.78, 5) is 28.8. The van der Waals surface area contributed by atoms with Gasteiger partial charge in [-0.1, -0.05) is 0 Å². The molecule has 0 aromatic carbocycles. The minimum Gasteiger partial charge on any atom is -0.396 e. The second-order valence-electron chi connectivity index (χ2n) is 7.99. The number of hydrogen-bond donors (Lipinski definition) is 2. The maximum Gasteiger partial charge on any atom is 0.271 e. The van der Waals surface area contributed by atoms with E-state index in [-0.39, 0.29) is 30.9 Å². The lowest BCUT2D eigenvalue weighted by atomic mass is 9.82. The van der Waals surface area contributed by atoms with Crippen molar-refractivity contribution >= 4 is 11.8 Å². The molecule has 4 rings (SSSR count). The number of H-pyrrole nitrogens is 1. The Morgan fingerprint density at radius 2 is 2.10 bits per heavy atom. The number of carbonyl (C=O) groups excluding carboxylic acids is 2. The monoisotopic (exact) mass is 401 g/mol. The Morgan fingerprint density at radius 3 is 2.76 bits per heavy atom. The highest BCUT2D eigenvalue weighted by atomic mass is 16.5. The van der Waals surface area contributed by atoms with Crippen molar-refractivity contribution in [1.82, 2.24) is 24.6 Å². The van der Waals surface area contributed by atoms with Crippen LogP contribution in [0.3, 0.4) is 0 Å². The van der Waals surface area contributed by atoms with Crippen LogP contribution in [0, 0.1) is 11.3 Å². The molecule has 0 saturated carbocycles. The van der Waals surface area contributed by atoms with E-state index in [0.717, 1.165) is 5.69 Å². The fraction of sp³-hybridized carbons (Fsp3) is 0.550. The van der Waals surface area contributed by atoms with E-state index < -0.39 is 5.41 Å². The molecule has 2 amide bonds. The Bertz CT molecular complexity index is 906. The number of nitrogens with zero attached hydrogens (tertiary/aromatic N) is 4. The third kappa shape index (κ3) is 3.44. The van der Waals surface area contributed by atoms with Crippen LogP contribution in [0.15, 0.2) is 24.4 Å².